The molecular formula is C22H28N6O3S. The van der Waals surface area contributed by atoms with Gasteiger partial charge in [-0.05, 0) is 37.3 Å². The molecule has 0 aliphatic heterocycles. The van der Waals surface area contributed by atoms with E-state index in [2.05, 4.69) is 34.7 Å². The summed E-state index contributed by atoms with van der Waals surface area (Å²) in [5.74, 6) is 0.499. The Bertz CT molecular complexity index is 1200. The normalized spacial score (nSPS) is 14.5. The second-order valence-corrected chi connectivity index (χ2v) is 9.51. The Morgan fingerprint density at radius 2 is 1.94 bits per heavy atom. The van der Waals surface area contributed by atoms with Crippen LogP contribution in [0, 0.1) is 5.92 Å². The molecule has 10 heteroatoms. The number of thioether (sulfide) groups is 1. The molecule has 0 saturated heterocycles. The highest BCUT2D eigenvalue weighted by Crippen LogP contribution is 2.22. The summed E-state index contributed by atoms with van der Waals surface area (Å²) in [4.78, 5) is 37.4. The summed E-state index contributed by atoms with van der Waals surface area (Å²) in [6.45, 7) is 4.75. The molecular weight excluding hydrogens is 428 g/mol. The lowest BCUT2D eigenvalue weighted by Gasteiger charge is -2.13. The number of nitrogens with one attached hydrogen (secondary N) is 2. The highest BCUT2D eigenvalue weighted by molar-refractivity contribution is 7.99. The van der Waals surface area contributed by atoms with E-state index in [-0.39, 0.29) is 17.4 Å². The number of amides is 3. The van der Waals surface area contributed by atoms with Crippen molar-refractivity contribution in [3.05, 3.63) is 34.6 Å². The minimum atomic E-state index is -0.457. The number of carbonyl (C=O) groups excluding carboxylic acids is 2. The van der Waals surface area contributed by atoms with Gasteiger partial charge in [-0.15, -0.1) is 10.2 Å². The molecule has 2 aromatic heterocycles. The van der Waals surface area contributed by atoms with Gasteiger partial charge in [0.05, 0.1) is 16.7 Å². The van der Waals surface area contributed by atoms with E-state index in [1.807, 2.05) is 22.6 Å². The predicted molar refractivity (Wildman–Crippen MR) is 124 cm³/mol. The number of rotatable bonds is 7. The molecule has 32 heavy (non-hydrogen) atoms. The van der Waals surface area contributed by atoms with Crippen LogP contribution in [0.1, 0.15) is 46.0 Å². The Labute approximate surface area is 190 Å². The van der Waals surface area contributed by atoms with E-state index in [9.17, 15) is 14.4 Å². The van der Waals surface area contributed by atoms with Gasteiger partial charge < -0.3 is 5.32 Å². The first-order valence-corrected chi connectivity index (χ1v) is 12.0. The number of imide groups is 1. The van der Waals surface area contributed by atoms with Gasteiger partial charge >= 0.3 is 6.03 Å². The van der Waals surface area contributed by atoms with E-state index in [1.54, 1.807) is 10.6 Å². The molecule has 1 aliphatic carbocycles. The summed E-state index contributed by atoms with van der Waals surface area (Å²) in [6.07, 6.45) is 4.94. The third kappa shape index (κ3) is 4.79. The average Bonchev–Trinajstić information content (AvgIpc) is 3.42. The van der Waals surface area contributed by atoms with Gasteiger partial charge in [-0.1, -0.05) is 50.6 Å². The van der Waals surface area contributed by atoms with Crippen LogP contribution in [0.4, 0.5) is 4.79 Å². The smallest absolute Gasteiger partial charge is 0.321 e. The van der Waals surface area contributed by atoms with E-state index in [4.69, 9.17) is 0 Å². The molecule has 170 valence electrons. The summed E-state index contributed by atoms with van der Waals surface area (Å²) >= 11 is 1.19. The van der Waals surface area contributed by atoms with Crippen molar-refractivity contribution < 1.29 is 9.59 Å². The second-order valence-electron chi connectivity index (χ2n) is 8.57. The van der Waals surface area contributed by atoms with Gasteiger partial charge in [-0.3, -0.25) is 23.9 Å². The molecule has 3 amide bonds. The first-order valence-electron chi connectivity index (χ1n) is 11.0. The zero-order valence-electron chi connectivity index (χ0n) is 18.3. The second kappa shape index (κ2) is 9.72. The van der Waals surface area contributed by atoms with Gasteiger partial charge in [-0.25, -0.2) is 4.79 Å². The maximum Gasteiger partial charge on any atom is 0.321 e. The number of hydrogen-bond donors (Lipinski definition) is 2. The molecule has 3 aromatic rings. The van der Waals surface area contributed by atoms with Crippen molar-refractivity contribution in [3.63, 3.8) is 0 Å². The van der Waals surface area contributed by atoms with Gasteiger partial charge in [0.2, 0.25) is 11.7 Å². The molecule has 1 aromatic carbocycles. The Morgan fingerprint density at radius 1 is 1.19 bits per heavy atom. The van der Waals surface area contributed by atoms with E-state index in [1.165, 1.54) is 11.8 Å². The summed E-state index contributed by atoms with van der Waals surface area (Å²) in [7, 11) is 0. The highest BCUT2D eigenvalue weighted by atomic mass is 32.2. The van der Waals surface area contributed by atoms with Crippen LogP contribution in [0.2, 0.25) is 0 Å². The zero-order chi connectivity index (χ0) is 22.7. The molecule has 2 heterocycles. The Balaban J connectivity index is 1.55. The zero-order valence-corrected chi connectivity index (χ0v) is 19.2. The summed E-state index contributed by atoms with van der Waals surface area (Å²) in [6, 6.07) is 7.01. The number of urea groups is 1. The van der Waals surface area contributed by atoms with Crippen molar-refractivity contribution in [1.29, 1.82) is 0 Å². The van der Waals surface area contributed by atoms with Crippen molar-refractivity contribution >= 4 is 40.4 Å². The number of fused-ring (bicyclic) bond motifs is 3. The minimum absolute atomic E-state index is 0.0122. The van der Waals surface area contributed by atoms with Crippen LogP contribution in [-0.2, 0) is 11.3 Å². The Hall–Kier alpha value is -2.88. The van der Waals surface area contributed by atoms with Crippen molar-refractivity contribution in [3.8, 4) is 0 Å². The van der Waals surface area contributed by atoms with Gasteiger partial charge in [0.1, 0.15) is 0 Å². The van der Waals surface area contributed by atoms with E-state index in [0.717, 1.165) is 32.1 Å². The molecule has 2 N–H and O–H groups in total. The Morgan fingerprint density at radius 3 is 2.69 bits per heavy atom. The fraction of sp³-hybridized carbons (Fsp3) is 0.500. The van der Waals surface area contributed by atoms with Crippen LogP contribution in [0.15, 0.2) is 34.2 Å². The summed E-state index contributed by atoms with van der Waals surface area (Å²) in [5.41, 5.74) is 0.596. The highest BCUT2D eigenvalue weighted by Gasteiger charge is 2.20. The molecule has 9 nitrogen and oxygen atoms in total. The van der Waals surface area contributed by atoms with Crippen molar-refractivity contribution in [1.82, 2.24) is 29.8 Å². The minimum Gasteiger partial charge on any atom is -0.335 e. The lowest BCUT2D eigenvalue weighted by Crippen LogP contribution is -2.44. The third-order valence-corrected chi connectivity index (χ3v) is 6.61. The van der Waals surface area contributed by atoms with Gasteiger partial charge in [-0.2, -0.15) is 0 Å². The van der Waals surface area contributed by atoms with Gasteiger partial charge in [0.15, 0.2) is 5.16 Å². The SMILES string of the molecule is CC(C)CCn1c(=O)c2ccccc2n2c(SCC(=O)NC(=O)NC3CCCC3)nnc12. The number of carbonyl (C=O) groups is 2. The molecule has 1 fully saturated rings. The van der Waals surface area contributed by atoms with Crippen molar-refractivity contribution in [2.24, 2.45) is 5.92 Å². The van der Waals surface area contributed by atoms with E-state index >= 15 is 0 Å². The predicted octanol–water partition coefficient (Wildman–Crippen LogP) is 2.95. The largest absolute Gasteiger partial charge is 0.335 e. The topological polar surface area (TPSA) is 110 Å². The quantitative estimate of drug-likeness (QED) is 0.529. The maximum atomic E-state index is 13.1. The molecule has 0 radical (unpaired) electrons. The molecule has 0 unspecified atom stereocenters. The molecule has 0 spiro atoms. The maximum absolute atomic E-state index is 13.1. The lowest BCUT2D eigenvalue weighted by molar-refractivity contribution is -0.117. The standard InChI is InChI=1S/C22H28N6O3S/c1-14(2)11-12-27-19(30)16-9-5-6-10-17(16)28-21(27)25-26-22(28)32-13-18(29)24-20(31)23-15-7-3-4-8-15/h5-6,9-10,14-15H,3-4,7-8,11-13H2,1-2H3,(H2,23,24,29,31). The van der Waals surface area contributed by atoms with E-state index < -0.39 is 11.9 Å². The van der Waals surface area contributed by atoms with Crippen LogP contribution in [0.25, 0.3) is 16.7 Å². The van der Waals surface area contributed by atoms with E-state index in [0.29, 0.717) is 34.3 Å². The monoisotopic (exact) mass is 456 g/mol. The number of nitrogens with zero attached hydrogens (tertiary/aromatic N) is 4. The number of aromatic nitrogens is 4. The van der Waals surface area contributed by atoms with Gasteiger partial charge in [0, 0.05) is 12.6 Å². The number of aryl methyl sites for hydroxylation is 1. The molecule has 1 aliphatic rings. The Kier molecular flexibility index (Phi) is 6.78. The summed E-state index contributed by atoms with van der Waals surface area (Å²) in [5, 5.41) is 14.8. The van der Waals surface area contributed by atoms with Gasteiger partial charge in [0.25, 0.3) is 5.56 Å². The van der Waals surface area contributed by atoms with Crippen LogP contribution in [0.3, 0.4) is 0 Å². The first-order chi connectivity index (χ1) is 15.4. The van der Waals surface area contributed by atoms with Crippen molar-refractivity contribution in [2.45, 2.75) is 63.7 Å². The fourth-order valence-corrected chi connectivity index (χ4v) is 4.74. The molecule has 4 rings (SSSR count). The number of para-hydroxylation sites is 1. The van der Waals surface area contributed by atoms with Crippen molar-refractivity contribution in [2.75, 3.05) is 5.75 Å². The van der Waals surface area contributed by atoms with Crippen LogP contribution >= 0.6 is 11.8 Å². The first kappa shape index (κ1) is 22.3. The van der Waals surface area contributed by atoms with Crippen LogP contribution < -0.4 is 16.2 Å². The number of hydrogen-bond acceptors (Lipinski definition) is 6. The molecule has 0 atom stereocenters. The average molecular weight is 457 g/mol. The lowest BCUT2D eigenvalue weighted by atomic mass is 10.1. The van der Waals surface area contributed by atoms with Crippen LogP contribution in [-0.4, -0.2) is 42.9 Å². The number of benzene rings is 1. The summed E-state index contributed by atoms with van der Waals surface area (Å²) < 4.78 is 3.46. The molecule has 0 bridgehead atoms. The molecule has 1 saturated carbocycles. The fourth-order valence-electron chi connectivity index (χ4n) is 4.00. The third-order valence-electron chi connectivity index (χ3n) is 5.68. The van der Waals surface area contributed by atoms with Crippen LogP contribution in [0.5, 0.6) is 0 Å².